The molecule has 0 radical (unpaired) electrons. The number of ether oxygens (including phenoxy) is 2. The summed E-state index contributed by atoms with van der Waals surface area (Å²) in [5, 5.41) is 9.42. The minimum atomic E-state index is -2.49. The van der Waals surface area contributed by atoms with Crippen LogP contribution >= 0.6 is 0 Å². The maximum Gasteiger partial charge on any atom is 0.776 e. The third-order valence-electron chi connectivity index (χ3n) is 1.77. The molecule has 1 rings (SSSR count). The summed E-state index contributed by atoms with van der Waals surface area (Å²) in [4.78, 5) is 0. The third-order valence-corrected chi connectivity index (χ3v) is 2.69. The van der Waals surface area contributed by atoms with Crippen LogP contribution in [0.1, 0.15) is 13.8 Å². The van der Waals surface area contributed by atoms with Gasteiger partial charge in [0.2, 0.25) is 0 Å². The van der Waals surface area contributed by atoms with Crippen molar-refractivity contribution in [1.82, 2.24) is 0 Å². The first kappa shape index (κ1) is 11.6. The Morgan fingerprint density at radius 1 is 1.50 bits per heavy atom. The van der Waals surface area contributed by atoms with Crippen molar-refractivity contribution in [2.24, 2.45) is 0 Å². The monoisotopic (exact) mass is 222 g/mol. The van der Waals surface area contributed by atoms with Gasteiger partial charge >= 0.3 is 15.1 Å². The van der Waals surface area contributed by atoms with Crippen LogP contribution in [0.15, 0.2) is 0 Å². The molecule has 7 heteroatoms. The summed E-state index contributed by atoms with van der Waals surface area (Å²) in [7, 11) is -2.49. The van der Waals surface area contributed by atoms with Crippen LogP contribution in [0.2, 0.25) is 0 Å². The molecule has 82 valence electrons. The second kappa shape index (κ2) is 4.83. The molecule has 0 spiro atoms. The normalized spacial score (nSPS) is 20.6. The van der Waals surface area contributed by atoms with Crippen LogP contribution in [0.25, 0.3) is 0 Å². The van der Waals surface area contributed by atoms with Gasteiger partial charge in [-0.15, -0.1) is 0 Å². The van der Waals surface area contributed by atoms with Gasteiger partial charge in [-0.3, -0.25) is 4.46 Å². The zero-order chi connectivity index (χ0) is 10.6. The molecular weight excluding hydrogens is 208 g/mol. The Balaban J connectivity index is 2.15. The first-order valence-corrected chi connectivity index (χ1v) is 5.64. The van der Waals surface area contributed by atoms with E-state index in [-0.39, 0.29) is 0 Å². The zero-order valence-electron chi connectivity index (χ0n) is 8.19. The Morgan fingerprint density at radius 2 is 2.14 bits per heavy atom. The van der Waals surface area contributed by atoms with Crippen molar-refractivity contribution in [3.63, 3.8) is 0 Å². The van der Waals surface area contributed by atoms with Crippen molar-refractivity contribution in [2.75, 3.05) is 19.8 Å². The molecule has 0 bridgehead atoms. The lowest BCUT2D eigenvalue weighted by Crippen LogP contribution is -2.60. The van der Waals surface area contributed by atoms with Gasteiger partial charge in [0.25, 0.3) is 0 Å². The van der Waals surface area contributed by atoms with Gasteiger partial charge in [-0.05, 0) is 13.8 Å². The van der Waals surface area contributed by atoms with Crippen LogP contribution in [0.3, 0.4) is 0 Å². The minimum absolute atomic E-state index is 0.324. The van der Waals surface area contributed by atoms with E-state index in [2.05, 4.69) is 8.85 Å². The van der Waals surface area contributed by atoms with E-state index in [1.807, 2.05) is 6.92 Å². The third kappa shape index (κ3) is 2.74. The Morgan fingerprint density at radius 3 is 2.64 bits per heavy atom. The highest BCUT2D eigenvalue weighted by Gasteiger charge is 2.54. The molecule has 1 unspecified atom stereocenters. The van der Waals surface area contributed by atoms with Gasteiger partial charge in [0.15, 0.2) is 6.10 Å². The molecule has 1 fully saturated rings. The van der Waals surface area contributed by atoms with Gasteiger partial charge in [-0.1, -0.05) is 0 Å². The van der Waals surface area contributed by atoms with Crippen LogP contribution in [-0.4, -0.2) is 46.2 Å². The average molecular weight is 222 g/mol. The molecule has 14 heavy (non-hydrogen) atoms. The standard InChI is InChI=1S/C7H14O6Si/c1-3-10-4-5-11-6(2)7(8)12-14(9)13-7/h6,8H,3-5H2,1-2H3. The van der Waals surface area contributed by atoms with Crippen molar-refractivity contribution in [3.8, 4) is 0 Å². The zero-order valence-corrected chi connectivity index (χ0v) is 9.19. The second-order valence-corrected chi connectivity index (χ2v) is 3.70. The van der Waals surface area contributed by atoms with Gasteiger partial charge in [0, 0.05) is 6.61 Å². The van der Waals surface area contributed by atoms with Crippen molar-refractivity contribution >= 4 is 9.17 Å². The highest BCUT2D eigenvalue weighted by Crippen LogP contribution is 2.25. The van der Waals surface area contributed by atoms with Crippen LogP contribution in [-0.2, 0) is 22.8 Å². The molecule has 1 aliphatic rings. The summed E-state index contributed by atoms with van der Waals surface area (Å²) < 4.78 is 29.8. The summed E-state index contributed by atoms with van der Waals surface area (Å²) in [5.74, 6) is -1.84. The summed E-state index contributed by atoms with van der Waals surface area (Å²) in [5.41, 5.74) is 0. The maximum atomic E-state index is 10.5. The molecule has 0 amide bonds. The topological polar surface area (TPSA) is 74.2 Å². The minimum Gasteiger partial charge on any atom is -0.434 e. The predicted molar refractivity (Wildman–Crippen MR) is 45.5 cm³/mol. The Kier molecular flexibility index (Phi) is 3.99. The van der Waals surface area contributed by atoms with E-state index in [1.165, 1.54) is 0 Å². The van der Waals surface area contributed by atoms with Crippen LogP contribution in [0.4, 0.5) is 0 Å². The largest absolute Gasteiger partial charge is 0.776 e. The van der Waals surface area contributed by atoms with Gasteiger partial charge in [0.1, 0.15) is 0 Å². The Labute approximate surface area is 83.6 Å². The van der Waals surface area contributed by atoms with Crippen molar-refractivity contribution < 1.29 is 27.9 Å². The fourth-order valence-electron chi connectivity index (χ4n) is 0.946. The first-order valence-electron chi connectivity index (χ1n) is 4.42. The molecular formula is C7H14O6Si. The lowest BCUT2D eigenvalue weighted by atomic mass is 10.3. The fourth-order valence-corrected chi connectivity index (χ4v) is 1.77. The molecule has 1 heterocycles. The second-order valence-electron chi connectivity index (χ2n) is 2.79. The molecule has 1 aliphatic heterocycles. The van der Waals surface area contributed by atoms with Crippen molar-refractivity contribution in [1.29, 1.82) is 0 Å². The van der Waals surface area contributed by atoms with Crippen molar-refractivity contribution in [2.45, 2.75) is 25.9 Å². The predicted octanol–water partition coefficient (Wildman–Crippen LogP) is -0.464. The number of aliphatic hydroxyl groups is 1. The Bertz CT molecular complexity index is 200. The number of rotatable bonds is 6. The van der Waals surface area contributed by atoms with E-state index in [0.29, 0.717) is 19.8 Å². The maximum absolute atomic E-state index is 10.5. The molecule has 0 aromatic carbocycles. The van der Waals surface area contributed by atoms with Gasteiger partial charge in [-0.2, -0.15) is 0 Å². The molecule has 0 aliphatic carbocycles. The molecule has 1 atom stereocenters. The molecule has 1 saturated heterocycles. The lowest BCUT2D eigenvalue weighted by Gasteiger charge is -2.38. The van der Waals surface area contributed by atoms with E-state index >= 15 is 0 Å². The smallest absolute Gasteiger partial charge is 0.434 e. The van der Waals surface area contributed by atoms with E-state index in [4.69, 9.17) is 9.47 Å². The highest BCUT2D eigenvalue weighted by atomic mass is 28.3. The first-order chi connectivity index (χ1) is 6.58. The molecule has 0 aromatic heterocycles. The fraction of sp³-hybridized carbons (Fsp3) is 1.00. The summed E-state index contributed by atoms with van der Waals surface area (Å²) in [6.07, 6.45) is -0.689. The molecule has 1 N–H and O–H groups in total. The average Bonchev–Trinajstić information content (AvgIpc) is 2.09. The summed E-state index contributed by atoms with van der Waals surface area (Å²) in [6.45, 7) is 4.82. The quantitative estimate of drug-likeness (QED) is 0.484. The van der Waals surface area contributed by atoms with Crippen LogP contribution < -0.4 is 0 Å². The SMILES string of the molecule is CCOCCOC(C)C1(O)O[Si](=O)O1. The van der Waals surface area contributed by atoms with E-state index in [9.17, 15) is 9.57 Å². The molecule has 6 nitrogen and oxygen atoms in total. The van der Waals surface area contributed by atoms with Gasteiger partial charge < -0.3 is 23.4 Å². The van der Waals surface area contributed by atoms with Gasteiger partial charge in [-0.25, -0.2) is 0 Å². The lowest BCUT2D eigenvalue weighted by molar-refractivity contribution is -0.393. The van der Waals surface area contributed by atoms with E-state index in [0.717, 1.165) is 0 Å². The Hall–Kier alpha value is -0.503. The van der Waals surface area contributed by atoms with E-state index in [1.54, 1.807) is 6.92 Å². The molecule has 0 saturated carbocycles. The van der Waals surface area contributed by atoms with Crippen molar-refractivity contribution in [3.05, 3.63) is 0 Å². The van der Waals surface area contributed by atoms with Crippen LogP contribution in [0, 0.1) is 0 Å². The highest BCUT2D eigenvalue weighted by molar-refractivity contribution is 6.28. The molecule has 0 aromatic rings. The van der Waals surface area contributed by atoms with Crippen LogP contribution in [0.5, 0.6) is 0 Å². The van der Waals surface area contributed by atoms with E-state index < -0.39 is 21.2 Å². The van der Waals surface area contributed by atoms with Gasteiger partial charge in [0.05, 0.1) is 13.2 Å². The number of hydrogen-bond acceptors (Lipinski definition) is 6. The summed E-state index contributed by atoms with van der Waals surface area (Å²) >= 11 is 0. The summed E-state index contributed by atoms with van der Waals surface area (Å²) in [6, 6.07) is 0. The number of hydrogen-bond donors (Lipinski definition) is 1.